The van der Waals surface area contributed by atoms with Crippen LogP contribution in [0, 0.1) is 28.4 Å². The molecule has 2 aromatic rings. The van der Waals surface area contributed by atoms with Crippen LogP contribution in [0.25, 0.3) is 0 Å². The van der Waals surface area contributed by atoms with E-state index in [2.05, 4.69) is 26.6 Å². The van der Waals surface area contributed by atoms with Crippen LogP contribution >= 0.6 is 15.9 Å². The van der Waals surface area contributed by atoms with Crippen molar-refractivity contribution in [2.75, 3.05) is 17.7 Å². The molecule has 0 spiro atoms. The standard InChI is InChI=1S/C18H15BrN4O4/c1-11-3-5-15(14(19)7-11)21-10-12(9-20)18(24)22-16-6-4-13(23(25)26)8-17(16)27-2/h3-8,10,21H,1-2H3,(H,22,24)/b12-10-. The Balaban J connectivity index is 2.20. The summed E-state index contributed by atoms with van der Waals surface area (Å²) in [6.07, 6.45) is 1.28. The summed E-state index contributed by atoms with van der Waals surface area (Å²) in [6.45, 7) is 1.94. The molecule has 0 aliphatic rings. The van der Waals surface area contributed by atoms with Gasteiger partial charge in [0.2, 0.25) is 0 Å². The maximum atomic E-state index is 12.3. The Labute approximate surface area is 163 Å². The molecular formula is C18H15BrN4O4. The number of hydrogen-bond donors (Lipinski definition) is 2. The van der Waals surface area contributed by atoms with Gasteiger partial charge in [-0.1, -0.05) is 6.07 Å². The van der Waals surface area contributed by atoms with Gasteiger partial charge >= 0.3 is 0 Å². The molecule has 0 fully saturated rings. The van der Waals surface area contributed by atoms with Crippen molar-refractivity contribution in [3.8, 4) is 11.8 Å². The number of carbonyl (C=O) groups excluding carboxylic acids is 1. The van der Waals surface area contributed by atoms with Crippen LogP contribution in [-0.2, 0) is 4.79 Å². The van der Waals surface area contributed by atoms with Gasteiger partial charge in [0, 0.05) is 16.7 Å². The summed E-state index contributed by atoms with van der Waals surface area (Å²) in [4.78, 5) is 22.6. The van der Waals surface area contributed by atoms with Gasteiger partial charge < -0.3 is 15.4 Å². The monoisotopic (exact) mass is 430 g/mol. The Hall–Kier alpha value is -3.38. The van der Waals surface area contributed by atoms with E-state index < -0.39 is 10.8 Å². The van der Waals surface area contributed by atoms with Gasteiger partial charge in [0.15, 0.2) is 0 Å². The number of methoxy groups -OCH3 is 1. The third kappa shape index (κ3) is 5.05. The maximum absolute atomic E-state index is 12.3. The zero-order chi connectivity index (χ0) is 20.0. The van der Waals surface area contributed by atoms with E-state index in [1.165, 1.54) is 31.5 Å². The van der Waals surface area contributed by atoms with Crippen molar-refractivity contribution < 1.29 is 14.5 Å². The molecule has 0 aliphatic heterocycles. The zero-order valence-corrected chi connectivity index (χ0v) is 16.0. The van der Waals surface area contributed by atoms with E-state index in [9.17, 15) is 20.2 Å². The first-order valence-electron chi connectivity index (χ1n) is 7.62. The fourth-order valence-corrected chi connectivity index (χ4v) is 2.73. The van der Waals surface area contributed by atoms with Gasteiger partial charge in [0.05, 0.1) is 29.5 Å². The van der Waals surface area contributed by atoms with Crippen molar-refractivity contribution in [3.63, 3.8) is 0 Å². The topological polar surface area (TPSA) is 117 Å². The minimum atomic E-state index is -0.680. The van der Waals surface area contributed by atoms with E-state index in [1.807, 2.05) is 31.2 Å². The highest BCUT2D eigenvalue weighted by atomic mass is 79.9. The van der Waals surface area contributed by atoms with Gasteiger partial charge in [-0.05, 0) is 46.6 Å². The van der Waals surface area contributed by atoms with Crippen molar-refractivity contribution in [2.45, 2.75) is 6.92 Å². The van der Waals surface area contributed by atoms with Crippen LogP contribution in [-0.4, -0.2) is 17.9 Å². The number of ether oxygens (including phenoxy) is 1. The molecule has 2 aromatic carbocycles. The molecule has 27 heavy (non-hydrogen) atoms. The first-order chi connectivity index (χ1) is 12.8. The van der Waals surface area contributed by atoms with Crippen LogP contribution in [0.5, 0.6) is 5.75 Å². The summed E-state index contributed by atoms with van der Waals surface area (Å²) >= 11 is 3.40. The molecule has 0 aliphatic carbocycles. The quantitative estimate of drug-likeness (QED) is 0.307. The molecule has 8 nitrogen and oxygen atoms in total. The van der Waals surface area contributed by atoms with Crippen molar-refractivity contribution in [3.05, 3.63) is 68.3 Å². The number of nitro benzene ring substituents is 1. The summed E-state index contributed by atoms with van der Waals surface area (Å²) in [6, 6.07) is 11.2. The second kappa shape index (κ2) is 8.82. The minimum Gasteiger partial charge on any atom is -0.494 e. The molecule has 0 radical (unpaired) electrons. The SMILES string of the molecule is COc1cc([N+](=O)[O-])ccc1NC(=O)/C(C#N)=C\Nc1ccc(C)cc1Br. The van der Waals surface area contributed by atoms with Crippen LogP contribution in [0.15, 0.2) is 52.6 Å². The molecule has 0 heterocycles. The first kappa shape index (κ1) is 19.9. The average molecular weight is 431 g/mol. The molecule has 138 valence electrons. The van der Waals surface area contributed by atoms with Gasteiger partial charge in [-0.3, -0.25) is 14.9 Å². The Kier molecular flexibility index (Phi) is 6.51. The van der Waals surface area contributed by atoms with Crippen LogP contribution in [0.1, 0.15) is 5.56 Å². The number of non-ortho nitro benzene ring substituents is 1. The molecular weight excluding hydrogens is 416 g/mol. The molecule has 0 bridgehead atoms. The van der Waals surface area contributed by atoms with E-state index in [1.54, 1.807) is 0 Å². The molecule has 0 atom stereocenters. The predicted octanol–water partition coefficient (Wildman–Crippen LogP) is 4.13. The number of carbonyl (C=O) groups is 1. The normalized spacial score (nSPS) is 10.7. The second-order valence-electron chi connectivity index (χ2n) is 5.39. The number of nitriles is 1. The number of nitrogens with one attached hydrogen (secondary N) is 2. The molecule has 2 N–H and O–H groups in total. The summed E-state index contributed by atoms with van der Waals surface area (Å²) in [5, 5.41) is 25.5. The maximum Gasteiger partial charge on any atom is 0.273 e. The number of amides is 1. The summed E-state index contributed by atoms with van der Waals surface area (Å²) < 4.78 is 5.85. The molecule has 0 saturated carbocycles. The number of nitro groups is 1. The Morgan fingerprint density at radius 2 is 2.00 bits per heavy atom. The number of halogens is 1. The number of hydrogen-bond acceptors (Lipinski definition) is 6. The third-order valence-electron chi connectivity index (χ3n) is 3.51. The molecule has 0 aromatic heterocycles. The first-order valence-corrected chi connectivity index (χ1v) is 8.41. The molecule has 1 amide bonds. The lowest BCUT2D eigenvalue weighted by molar-refractivity contribution is -0.384. The fourth-order valence-electron chi connectivity index (χ4n) is 2.12. The summed E-state index contributed by atoms with van der Waals surface area (Å²) in [5.41, 5.74) is 1.61. The molecule has 0 unspecified atom stereocenters. The number of benzene rings is 2. The highest BCUT2D eigenvalue weighted by Crippen LogP contribution is 2.29. The second-order valence-corrected chi connectivity index (χ2v) is 6.25. The van der Waals surface area contributed by atoms with E-state index in [4.69, 9.17) is 4.74 Å². The van der Waals surface area contributed by atoms with Gasteiger partial charge in [-0.2, -0.15) is 5.26 Å². The number of nitrogens with zero attached hydrogens (tertiary/aromatic N) is 2. The largest absolute Gasteiger partial charge is 0.494 e. The Morgan fingerprint density at radius 3 is 2.59 bits per heavy atom. The van der Waals surface area contributed by atoms with Crippen LogP contribution < -0.4 is 15.4 Å². The lowest BCUT2D eigenvalue weighted by atomic mass is 10.2. The lowest BCUT2D eigenvalue weighted by Crippen LogP contribution is -2.15. The summed E-state index contributed by atoms with van der Waals surface area (Å²) in [7, 11) is 1.33. The van der Waals surface area contributed by atoms with Gasteiger partial charge in [0.25, 0.3) is 11.6 Å². The summed E-state index contributed by atoms with van der Waals surface area (Å²) in [5.74, 6) is -0.565. The zero-order valence-electron chi connectivity index (χ0n) is 14.4. The minimum absolute atomic E-state index is 0.115. The predicted molar refractivity (Wildman–Crippen MR) is 104 cm³/mol. The average Bonchev–Trinajstić information content (AvgIpc) is 2.63. The van der Waals surface area contributed by atoms with Crippen molar-refractivity contribution in [2.24, 2.45) is 0 Å². The number of rotatable bonds is 6. The molecule has 9 heteroatoms. The number of aryl methyl sites for hydroxylation is 1. The van der Waals surface area contributed by atoms with Crippen molar-refractivity contribution in [1.82, 2.24) is 0 Å². The van der Waals surface area contributed by atoms with Crippen LogP contribution in [0.3, 0.4) is 0 Å². The van der Waals surface area contributed by atoms with Gasteiger partial charge in [0.1, 0.15) is 17.4 Å². The van der Waals surface area contributed by atoms with Crippen LogP contribution in [0.4, 0.5) is 17.1 Å². The van der Waals surface area contributed by atoms with Gasteiger partial charge in [-0.15, -0.1) is 0 Å². The molecule has 0 saturated heterocycles. The van der Waals surface area contributed by atoms with Crippen LogP contribution in [0.2, 0.25) is 0 Å². The van der Waals surface area contributed by atoms with E-state index in [-0.39, 0.29) is 22.7 Å². The van der Waals surface area contributed by atoms with Crippen molar-refractivity contribution >= 4 is 38.9 Å². The third-order valence-corrected chi connectivity index (χ3v) is 4.16. The smallest absolute Gasteiger partial charge is 0.273 e. The lowest BCUT2D eigenvalue weighted by Gasteiger charge is -2.10. The Morgan fingerprint density at radius 1 is 1.30 bits per heavy atom. The fraction of sp³-hybridized carbons (Fsp3) is 0.111. The Bertz CT molecular complexity index is 966. The van der Waals surface area contributed by atoms with Gasteiger partial charge in [-0.25, -0.2) is 0 Å². The molecule has 2 rings (SSSR count). The van der Waals surface area contributed by atoms with E-state index in [0.717, 1.165) is 10.0 Å². The highest BCUT2D eigenvalue weighted by molar-refractivity contribution is 9.10. The van der Waals surface area contributed by atoms with Crippen molar-refractivity contribution in [1.29, 1.82) is 5.26 Å². The van der Waals surface area contributed by atoms with E-state index >= 15 is 0 Å². The highest BCUT2D eigenvalue weighted by Gasteiger charge is 2.16. The number of anilines is 2. The van der Waals surface area contributed by atoms with E-state index in [0.29, 0.717) is 5.69 Å².